The number of hydrogen-bond donors (Lipinski definition) is 0. The van der Waals surface area contributed by atoms with Crippen molar-refractivity contribution in [2.45, 2.75) is 44.4 Å². The summed E-state index contributed by atoms with van der Waals surface area (Å²) in [6.07, 6.45) is 9.65. The average Bonchev–Trinajstić information content (AvgIpc) is 2.74. The van der Waals surface area contributed by atoms with Gasteiger partial charge in [0.15, 0.2) is 6.29 Å². The molecule has 1 fully saturated rings. The Bertz CT molecular complexity index is 627. The van der Waals surface area contributed by atoms with Gasteiger partial charge in [0.2, 0.25) is 0 Å². The number of carbonyl (C=O) groups is 1. The Hall–Kier alpha value is -1.97. The van der Waals surface area contributed by atoms with Gasteiger partial charge in [-0.2, -0.15) is 5.10 Å². The lowest BCUT2D eigenvalue weighted by atomic mass is 9.94. The lowest BCUT2D eigenvalue weighted by Gasteiger charge is -2.11. The van der Waals surface area contributed by atoms with Crippen molar-refractivity contribution in [3.8, 4) is 5.69 Å². The van der Waals surface area contributed by atoms with E-state index in [1.807, 2.05) is 0 Å². The van der Waals surface area contributed by atoms with E-state index in [0.717, 1.165) is 24.8 Å². The van der Waals surface area contributed by atoms with Crippen molar-refractivity contribution in [1.82, 2.24) is 9.78 Å². The average molecular weight is 286 g/mol. The number of nitrogens with zero attached hydrogens (tertiary/aromatic N) is 2. The van der Waals surface area contributed by atoms with E-state index in [4.69, 9.17) is 0 Å². The molecule has 2 aromatic rings. The van der Waals surface area contributed by atoms with Gasteiger partial charge in [-0.25, -0.2) is 9.07 Å². The van der Waals surface area contributed by atoms with Crippen molar-refractivity contribution in [2.24, 2.45) is 0 Å². The number of aldehydes is 1. The third kappa shape index (κ3) is 3.04. The molecule has 0 saturated heterocycles. The van der Waals surface area contributed by atoms with Crippen LogP contribution >= 0.6 is 0 Å². The molecule has 0 amide bonds. The molecule has 0 atom stereocenters. The van der Waals surface area contributed by atoms with Crippen LogP contribution in [-0.4, -0.2) is 16.1 Å². The molecular formula is C17H19FN2O. The van der Waals surface area contributed by atoms with Crippen LogP contribution in [0.5, 0.6) is 0 Å². The summed E-state index contributed by atoms with van der Waals surface area (Å²) in [5, 5.41) is 4.58. The SMILES string of the molecule is O=Cc1cn(-c2cccc(F)c2)nc1C1CCCCCC1. The summed E-state index contributed by atoms with van der Waals surface area (Å²) in [5.41, 5.74) is 2.15. The van der Waals surface area contributed by atoms with Gasteiger partial charge in [0.05, 0.1) is 16.9 Å². The van der Waals surface area contributed by atoms with E-state index in [0.29, 0.717) is 17.2 Å². The monoisotopic (exact) mass is 286 g/mol. The summed E-state index contributed by atoms with van der Waals surface area (Å²) in [4.78, 5) is 11.3. The van der Waals surface area contributed by atoms with Gasteiger partial charge in [-0.15, -0.1) is 0 Å². The molecule has 0 aliphatic heterocycles. The fraction of sp³-hybridized carbons (Fsp3) is 0.412. The summed E-state index contributed by atoms with van der Waals surface area (Å²) in [6.45, 7) is 0. The van der Waals surface area contributed by atoms with E-state index in [1.165, 1.54) is 37.8 Å². The van der Waals surface area contributed by atoms with Crippen molar-refractivity contribution in [3.63, 3.8) is 0 Å². The van der Waals surface area contributed by atoms with Crippen LogP contribution in [0.15, 0.2) is 30.5 Å². The lowest BCUT2D eigenvalue weighted by Crippen LogP contribution is -2.03. The topological polar surface area (TPSA) is 34.9 Å². The Labute approximate surface area is 123 Å². The summed E-state index contributed by atoms with van der Waals surface area (Å²) >= 11 is 0. The zero-order chi connectivity index (χ0) is 14.7. The summed E-state index contributed by atoms with van der Waals surface area (Å²) < 4.78 is 15.0. The third-order valence-corrected chi connectivity index (χ3v) is 4.21. The Morgan fingerprint density at radius 2 is 1.95 bits per heavy atom. The quantitative estimate of drug-likeness (QED) is 0.624. The number of aromatic nitrogens is 2. The fourth-order valence-corrected chi connectivity index (χ4v) is 3.11. The highest BCUT2D eigenvalue weighted by atomic mass is 19.1. The number of benzene rings is 1. The molecule has 0 N–H and O–H groups in total. The fourth-order valence-electron chi connectivity index (χ4n) is 3.11. The van der Waals surface area contributed by atoms with Gasteiger partial charge >= 0.3 is 0 Å². The van der Waals surface area contributed by atoms with Gasteiger partial charge in [0.25, 0.3) is 0 Å². The molecule has 0 bridgehead atoms. The van der Waals surface area contributed by atoms with E-state index in [-0.39, 0.29) is 5.82 Å². The maximum Gasteiger partial charge on any atom is 0.153 e. The van der Waals surface area contributed by atoms with Gasteiger partial charge in [0, 0.05) is 12.1 Å². The first-order valence-corrected chi connectivity index (χ1v) is 7.58. The molecule has 1 saturated carbocycles. The summed E-state index contributed by atoms with van der Waals surface area (Å²) in [6, 6.07) is 6.28. The predicted molar refractivity (Wildman–Crippen MR) is 79.4 cm³/mol. The molecule has 4 heteroatoms. The molecule has 3 rings (SSSR count). The second kappa shape index (κ2) is 6.20. The van der Waals surface area contributed by atoms with Crippen LogP contribution in [0.25, 0.3) is 5.69 Å². The minimum atomic E-state index is -0.299. The maximum atomic E-state index is 13.3. The molecule has 3 nitrogen and oxygen atoms in total. The Balaban J connectivity index is 1.95. The smallest absolute Gasteiger partial charge is 0.153 e. The summed E-state index contributed by atoms with van der Waals surface area (Å²) in [7, 11) is 0. The number of rotatable bonds is 3. The first-order chi connectivity index (χ1) is 10.3. The summed E-state index contributed by atoms with van der Waals surface area (Å²) in [5.74, 6) is 0.0502. The van der Waals surface area contributed by atoms with Crippen LogP contribution in [-0.2, 0) is 0 Å². The van der Waals surface area contributed by atoms with Crippen LogP contribution < -0.4 is 0 Å². The van der Waals surface area contributed by atoms with Crippen molar-refractivity contribution in [3.05, 3.63) is 47.5 Å². The highest BCUT2D eigenvalue weighted by molar-refractivity contribution is 5.76. The van der Waals surface area contributed by atoms with Crippen LogP contribution in [0.1, 0.15) is 60.5 Å². The molecule has 1 aromatic heterocycles. The van der Waals surface area contributed by atoms with Gasteiger partial charge in [-0.1, -0.05) is 31.7 Å². The molecule has 1 aromatic carbocycles. The van der Waals surface area contributed by atoms with Gasteiger partial charge in [-0.3, -0.25) is 4.79 Å². The van der Waals surface area contributed by atoms with E-state index >= 15 is 0 Å². The van der Waals surface area contributed by atoms with E-state index in [1.54, 1.807) is 23.0 Å². The zero-order valence-electron chi connectivity index (χ0n) is 12.0. The van der Waals surface area contributed by atoms with Crippen molar-refractivity contribution >= 4 is 6.29 Å². The minimum absolute atomic E-state index is 0.299. The van der Waals surface area contributed by atoms with E-state index in [9.17, 15) is 9.18 Å². The lowest BCUT2D eigenvalue weighted by molar-refractivity contribution is 0.112. The Morgan fingerprint density at radius 3 is 2.62 bits per heavy atom. The predicted octanol–water partition coefficient (Wildman–Crippen LogP) is 4.26. The van der Waals surface area contributed by atoms with Crippen LogP contribution in [0, 0.1) is 5.82 Å². The van der Waals surface area contributed by atoms with Crippen molar-refractivity contribution < 1.29 is 9.18 Å². The van der Waals surface area contributed by atoms with Gasteiger partial charge in [-0.05, 0) is 31.0 Å². The molecule has 21 heavy (non-hydrogen) atoms. The minimum Gasteiger partial charge on any atom is -0.298 e. The molecule has 0 radical (unpaired) electrons. The van der Waals surface area contributed by atoms with Crippen molar-refractivity contribution in [1.29, 1.82) is 0 Å². The van der Waals surface area contributed by atoms with Crippen molar-refractivity contribution in [2.75, 3.05) is 0 Å². The number of hydrogen-bond acceptors (Lipinski definition) is 2. The first kappa shape index (κ1) is 14.0. The molecule has 1 heterocycles. The zero-order valence-corrected chi connectivity index (χ0v) is 12.0. The molecule has 1 aliphatic carbocycles. The van der Waals surface area contributed by atoms with Crippen LogP contribution in [0.3, 0.4) is 0 Å². The molecule has 1 aliphatic rings. The molecule has 0 spiro atoms. The third-order valence-electron chi connectivity index (χ3n) is 4.21. The molecular weight excluding hydrogens is 267 g/mol. The number of halogens is 1. The normalized spacial score (nSPS) is 16.6. The Morgan fingerprint density at radius 1 is 1.19 bits per heavy atom. The van der Waals surface area contributed by atoms with Crippen LogP contribution in [0.4, 0.5) is 4.39 Å². The van der Waals surface area contributed by atoms with Gasteiger partial charge < -0.3 is 0 Å². The number of carbonyl (C=O) groups excluding carboxylic acids is 1. The largest absolute Gasteiger partial charge is 0.298 e. The van der Waals surface area contributed by atoms with E-state index in [2.05, 4.69) is 5.10 Å². The second-order valence-electron chi connectivity index (χ2n) is 5.70. The van der Waals surface area contributed by atoms with Crippen LogP contribution in [0.2, 0.25) is 0 Å². The first-order valence-electron chi connectivity index (χ1n) is 7.58. The Kier molecular flexibility index (Phi) is 4.13. The standard InChI is InChI=1S/C17H19FN2O/c18-15-8-5-9-16(10-15)20-11-14(12-21)17(19-20)13-6-3-1-2-4-7-13/h5,8-13H,1-4,6-7H2. The second-order valence-corrected chi connectivity index (χ2v) is 5.70. The van der Waals surface area contributed by atoms with Gasteiger partial charge in [0.1, 0.15) is 5.82 Å². The van der Waals surface area contributed by atoms with E-state index < -0.39 is 0 Å². The maximum absolute atomic E-state index is 13.3. The molecule has 110 valence electrons. The highest BCUT2D eigenvalue weighted by Crippen LogP contribution is 2.32. The highest BCUT2D eigenvalue weighted by Gasteiger charge is 2.21. The molecule has 0 unspecified atom stereocenters.